The van der Waals surface area contributed by atoms with E-state index in [9.17, 15) is 0 Å². The van der Waals surface area contributed by atoms with Gasteiger partial charge in [-0.05, 0) is 54.7 Å². The zero-order valence-electron chi connectivity index (χ0n) is 16.4. The smallest absolute Gasteiger partial charge is 0.190 e. The lowest BCUT2D eigenvalue weighted by Gasteiger charge is -2.13. The number of rotatable bonds is 8. The monoisotopic (exact) mass is 484 g/mol. The van der Waals surface area contributed by atoms with E-state index in [1.54, 1.807) is 21.3 Å². The van der Waals surface area contributed by atoms with Crippen LogP contribution in [0.4, 0.5) is 0 Å². The molecule has 0 amide bonds. The Morgan fingerprint density at radius 1 is 1.04 bits per heavy atom. The summed E-state index contributed by atoms with van der Waals surface area (Å²) in [5.41, 5.74) is 3.69. The van der Waals surface area contributed by atoms with E-state index in [-0.39, 0.29) is 24.0 Å². The summed E-state index contributed by atoms with van der Waals surface area (Å²) >= 11 is 0. The van der Waals surface area contributed by atoms with Gasteiger partial charge in [0.25, 0.3) is 0 Å². The fourth-order valence-electron chi connectivity index (χ4n) is 2.68. The fourth-order valence-corrected chi connectivity index (χ4v) is 2.68. The summed E-state index contributed by atoms with van der Waals surface area (Å²) in [6, 6.07) is 8.04. The summed E-state index contributed by atoms with van der Waals surface area (Å²) in [5, 5.41) is 6.69. The van der Waals surface area contributed by atoms with Crippen molar-refractivity contribution in [2.24, 2.45) is 4.99 Å². The van der Waals surface area contributed by atoms with Crippen LogP contribution in [0, 0.1) is 6.92 Å². The van der Waals surface area contributed by atoms with Gasteiger partial charge < -0.3 is 20.1 Å². The van der Waals surface area contributed by atoms with Crippen LogP contribution in [0.25, 0.3) is 0 Å². The molecule has 6 nitrogen and oxygen atoms in total. The van der Waals surface area contributed by atoms with Crippen molar-refractivity contribution < 1.29 is 9.47 Å². The van der Waals surface area contributed by atoms with Crippen LogP contribution >= 0.6 is 24.0 Å². The Morgan fingerprint density at radius 2 is 1.74 bits per heavy atom. The highest BCUT2D eigenvalue weighted by Crippen LogP contribution is 2.27. The largest absolute Gasteiger partial charge is 0.493 e. The topological polar surface area (TPSA) is 67.8 Å². The van der Waals surface area contributed by atoms with E-state index in [0.29, 0.717) is 0 Å². The molecule has 0 spiro atoms. The quantitative estimate of drug-likeness (QED) is 0.343. The second-order valence-corrected chi connectivity index (χ2v) is 5.92. The van der Waals surface area contributed by atoms with Crippen molar-refractivity contribution in [2.45, 2.75) is 19.8 Å². The highest BCUT2D eigenvalue weighted by molar-refractivity contribution is 14.0. The Hall–Kier alpha value is -2.03. The van der Waals surface area contributed by atoms with Gasteiger partial charge >= 0.3 is 0 Å². The van der Waals surface area contributed by atoms with Crippen molar-refractivity contribution in [1.82, 2.24) is 15.6 Å². The molecule has 0 aliphatic rings. The third kappa shape index (κ3) is 7.24. The van der Waals surface area contributed by atoms with Crippen LogP contribution in [0.3, 0.4) is 0 Å². The third-order valence-corrected chi connectivity index (χ3v) is 4.20. The molecular formula is C20H29IN4O2. The predicted octanol–water partition coefficient (Wildman–Crippen LogP) is 2.98. The molecule has 0 atom stereocenters. The molecule has 1 heterocycles. The highest BCUT2D eigenvalue weighted by Gasteiger charge is 2.05. The minimum atomic E-state index is 0. The first-order chi connectivity index (χ1) is 12.7. The summed E-state index contributed by atoms with van der Waals surface area (Å²) in [4.78, 5) is 8.39. The van der Waals surface area contributed by atoms with Gasteiger partial charge in [-0.15, -0.1) is 24.0 Å². The van der Waals surface area contributed by atoms with Crippen molar-refractivity contribution >= 4 is 29.9 Å². The number of aryl methyl sites for hydroxylation is 1. The lowest BCUT2D eigenvalue weighted by Crippen LogP contribution is -2.39. The van der Waals surface area contributed by atoms with Gasteiger partial charge in [0, 0.05) is 32.5 Å². The number of guanidine groups is 1. The molecule has 0 unspecified atom stereocenters. The highest BCUT2D eigenvalue weighted by atomic mass is 127. The molecule has 27 heavy (non-hydrogen) atoms. The summed E-state index contributed by atoms with van der Waals surface area (Å²) in [5.74, 6) is 2.30. The summed E-state index contributed by atoms with van der Waals surface area (Å²) in [6.45, 7) is 3.68. The number of nitrogens with zero attached hydrogens (tertiary/aromatic N) is 2. The van der Waals surface area contributed by atoms with Crippen LogP contribution in [0.1, 0.15) is 16.7 Å². The molecule has 2 aromatic rings. The maximum Gasteiger partial charge on any atom is 0.190 e. The molecule has 0 aliphatic carbocycles. The second-order valence-electron chi connectivity index (χ2n) is 5.92. The molecule has 1 aromatic carbocycles. The summed E-state index contributed by atoms with van der Waals surface area (Å²) < 4.78 is 10.6. The number of nitrogens with one attached hydrogen (secondary N) is 2. The molecule has 0 saturated heterocycles. The van der Waals surface area contributed by atoms with Gasteiger partial charge in [-0.1, -0.05) is 6.07 Å². The number of halogens is 1. The molecule has 1 aromatic heterocycles. The van der Waals surface area contributed by atoms with Gasteiger partial charge in [0.1, 0.15) is 0 Å². The maximum atomic E-state index is 5.34. The SMILES string of the molecule is CN=C(NCCc1ccc(OC)c(OC)c1)NCCc1ccncc1C.I. The maximum absolute atomic E-state index is 5.34. The molecule has 0 radical (unpaired) electrons. The molecule has 0 aliphatic heterocycles. The first-order valence-corrected chi connectivity index (χ1v) is 8.72. The minimum Gasteiger partial charge on any atom is -0.493 e. The van der Waals surface area contributed by atoms with Crippen LogP contribution in [0.15, 0.2) is 41.7 Å². The number of hydrogen-bond acceptors (Lipinski definition) is 4. The number of hydrogen-bond donors (Lipinski definition) is 2. The lowest BCUT2D eigenvalue weighted by atomic mass is 10.1. The average molecular weight is 484 g/mol. The Morgan fingerprint density at radius 3 is 2.37 bits per heavy atom. The number of methoxy groups -OCH3 is 2. The molecule has 7 heteroatoms. The van der Waals surface area contributed by atoms with Gasteiger partial charge in [-0.2, -0.15) is 0 Å². The van der Waals surface area contributed by atoms with Crippen LogP contribution in [-0.2, 0) is 12.8 Å². The molecule has 148 valence electrons. The summed E-state index contributed by atoms with van der Waals surface area (Å²) in [6.07, 6.45) is 5.53. The van der Waals surface area contributed by atoms with Crippen LogP contribution in [0.5, 0.6) is 11.5 Å². The first-order valence-electron chi connectivity index (χ1n) is 8.72. The van der Waals surface area contributed by atoms with Gasteiger partial charge in [-0.25, -0.2) is 0 Å². The van der Waals surface area contributed by atoms with Crippen LogP contribution < -0.4 is 20.1 Å². The van der Waals surface area contributed by atoms with E-state index < -0.39 is 0 Å². The zero-order valence-corrected chi connectivity index (χ0v) is 18.7. The van der Waals surface area contributed by atoms with E-state index in [4.69, 9.17) is 9.47 Å². The fraction of sp³-hybridized carbons (Fsp3) is 0.400. The first kappa shape index (κ1) is 23.0. The minimum absolute atomic E-state index is 0. The van der Waals surface area contributed by atoms with E-state index in [1.807, 2.05) is 30.6 Å². The number of pyridine rings is 1. The molecule has 2 N–H and O–H groups in total. The van der Waals surface area contributed by atoms with Gasteiger partial charge in [0.2, 0.25) is 0 Å². The Kier molecular flexibility index (Phi) is 10.5. The molecule has 0 bridgehead atoms. The average Bonchev–Trinajstić information content (AvgIpc) is 2.68. The Labute approximate surface area is 178 Å². The number of benzene rings is 1. The van der Waals surface area contributed by atoms with Crippen LogP contribution in [-0.4, -0.2) is 45.3 Å². The van der Waals surface area contributed by atoms with E-state index >= 15 is 0 Å². The normalized spacial score (nSPS) is 10.7. The number of ether oxygens (including phenoxy) is 2. The number of aliphatic imine (C=N–C) groups is 1. The Bertz CT molecular complexity index is 738. The van der Waals surface area contributed by atoms with E-state index in [1.165, 1.54) is 16.7 Å². The lowest BCUT2D eigenvalue weighted by molar-refractivity contribution is 0.354. The Balaban J connectivity index is 0.00000364. The molecule has 0 fully saturated rings. The second kappa shape index (κ2) is 12.4. The van der Waals surface area contributed by atoms with Crippen molar-refractivity contribution in [2.75, 3.05) is 34.4 Å². The zero-order chi connectivity index (χ0) is 18.8. The standard InChI is InChI=1S/C20H28N4O2.HI/c1-15-14-22-10-8-17(15)9-12-24-20(21-2)23-11-7-16-5-6-18(25-3)19(13-16)26-4;/h5-6,8,10,13-14H,7,9,11-12H2,1-4H3,(H2,21,23,24);1H. The van der Waals surface area contributed by atoms with E-state index in [2.05, 4.69) is 33.6 Å². The van der Waals surface area contributed by atoms with Crippen molar-refractivity contribution in [3.8, 4) is 11.5 Å². The van der Waals surface area contributed by atoms with Gasteiger partial charge in [-0.3, -0.25) is 9.98 Å². The molecule has 0 saturated carbocycles. The van der Waals surface area contributed by atoms with Gasteiger partial charge in [0.15, 0.2) is 17.5 Å². The number of aromatic nitrogens is 1. The van der Waals surface area contributed by atoms with Gasteiger partial charge in [0.05, 0.1) is 14.2 Å². The van der Waals surface area contributed by atoms with Crippen LogP contribution in [0.2, 0.25) is 0 Å². The van der Waals surface area contributed by atoms with E-state index in [0.717, 1.165) is 43.4 Å². The third-order valence-electron chi connectivity index (χ3n) is 4.20. The van der Waals surface area contributed by atoms with Crippen molar-refractivity contribution in [3.05, 3.63) is 53.3 Å². The summed E-state index contributed by atoms with van der Waals surface area (Å²) in [7, 11) is 5.07. The van der Waals surface area contributed by atoms with Crippen molar-refractivity contribution in [3.63, 3.8) is 0 Å². The van der Waals surface area contributed by atoms with Crippen molar-refractivity contribution in [1.29, 1.82) is 0 Å². The predicted molar refractivity (Wildman–Crippen MR) is 121 cm³/mol. The molecule has 2 rings (SSSR count). The molecular weight excluding hydrogens is 455 g/mol.